The van der Waals surface area contributed by atoms with Crippen LogP contribution >= 0.6 is 25.3 Å². The van der Waals surface area contributed by atoms with Gasteiger partial charge in [0, 0.05) is 9.79 Å². The SMILES string of the molecule is CC(C)(C)c1ccc(S)c(S)c1. The maximum Gasteiger partial charge on any atom is 0.0177 e. The summed E-state index contributed by atoms with van der Waals surface area (Å²) in [6, 6.07) is 6.17. The molecular formula is C10H14S2. The molecule has 0 amide bonds. The molecule has 0 unspecified atom stereocenters. The Morgan fingerprint density at radius 3 is 2.00 bits per heavy atom. The van der Waals surface area contributed by atoms with Crippen molar-refractivity contribution >= 4 is 25.3 Å². The fraction of sp³-hybridized carbons (Fsp3) is 0.400. The highest BCUT2D eigenvalue weighted by Crippen LogP contribution is 2.27. The summed E-state index contributed by atoms with van der Waals surface area (Å²) < 4.78 is 0. The van der Waals surface area contributed by atoms with Gasteiger partial charge in [-0.15, -0.1) is 25.3 Å². The summed E-state index contributed by atoms with van der Waals surface area (Å²) >= 11 is 8.59. The van der Waals surface area contributed by atoms with Gasteiger partial charge in [-0.2, -0.15) is 0 Å². The first-order chi connectivity index (χ1) is 5.41. The minimum absolute atomic E-state index is 0.193. The van der Waals surface area contributed by atoms with Gasteiger partial charge in [-0.1, -0.05) is 26.8 Å². The summed E-state index contributed by atoms with van der Waals surface area (Å²) in [6.45, 7) is 6.56. The van der Waals surface area contributed by atoms with Gasteiger partial charge in [0.1, 0.15) is 0 Å². The molecule has 0 aliphatic carbocycles. The molecule has 1 aromatic carbocycles. The fourth-order valence-electron chi connectivity index (χ4n) is 0.990. The summed E-state index contributed by atoms with van der Waals surface area (Å²) in [5, 5.41) is 0. The fourth-order valence-corrected chi connectivity index (χ4v) is 1.34. The van der Waals surface area contributed by atoms with E-state index in [4.69, 9.17) is 0 Å². The lowest BCUT2D eigenvalue weighted by Crippen LogP contribution is -2.10. The molecule has 66 valence electrons. The largest absolute Gasteiger partial charge is 0.142 e. The van der Waals surface area contributed by atoms with Crippen LogP contribution in [0.3, 0.4) is 0 Å². The third kappa shape index (κ3) is 2.20. The van der Waals surface area contributed by atoms with Crippen LogP contribution in [0.2, 0.25) is 0 Å². The van der Waals surface area contributed by atoms with Crippen LogP contribution in [0.4, 0.5) is 0 Å². The highest BCUT2D eigenvalue weighted by atomic mass is 32.1. The number of hydrogen-bond acceptors (Lipinski definition) is 2. The van der Waals surface area contributed by atoms with Crippen molar-refractivity contribution in [3.63, 3.8) is 0 Å². The first-order valence-corrected chi connectivity index (χ1v) is 4.83. The van der Waals surface area contributed by atoms with Crippen LogP contribution in [0.25, 0.3) is 0 Å². The molecule has 1 rings (SSSR count). The summed E-state index contributed by atoms with van der Waals surface area (Å²) in [5.74, 6) is 0. The Bertz CT molecular complexity index is 284. The Labute approximate surface area is 85.2 Å². The van der Waals surface area contributed by atoms with Crippen molar-refractivity contribution < 1.29 is 0 Å². The minimum atomic E-state index is 0.193. The highest BCUT2D eigenvalue weighted by molar-refractivity contribution is 7.83. The molecule has 0 nitrogen and oxygen atoms in total. The zero-order valence-electron chi connectivity index (χ0n) is 7.63. The van der Waals surface area contributed by atoms with E-state index in [1.807, 2.05) is 6.07 Å². The van der Waals surface area contributed by atoms with Crippen LogP contribution in [0, 0.1) is 0 Å². The molecule has 0 aromatic heterocycles. The van der Waals surface area contributed by atoms with Gasteiger partial charge < -0.3 is 0 Å². The molecule has 0 spiro atoms. The summed E-state index contributed by atoms with van der Waals surface area (Å²) in [7, 11) is 0. The Morgan fingerprint density at radius 2 is 1.58 bits per heavy atom. The maximum absolute atomic E-state index is 4.32. The van der Waals surface area contributed by atoms with Gasteiger partial charge in [-0.25, -0.2) is 0 Å². The van der Waals surface area contributed by atoms with Gasteiger partial charge >= 0.3 is 0 Å². The quantitative estimate of drug-likeness (QED) is 0.585. The molecule has 0 fully saturated rings. The number of rotatable bonds is 0. The van der Waals surface area contributed by atoms with Crippen LogP contribution in [0.1, 0.15) is 26.3 Å². The van der Waals surface area contributed by atoms with E-state index in [-0.39, 0.29) is 5.41 Å². The molecule has 0 bridgehead atoms. The maximum atomic E-state index is 4.32. The number of thiol groups is 2. The molecule has 0 N–H and O–H groups in total. The number of benzene rings is 1. The Balaban J connectivity index is 3.14. The van der Waals surface area contributed by atoms with Crippen LogP contribution in [0.15, 0.2) is 28.0 Å². The Kier molecular flexibility index (Phi) is 2.79. The molecule has 1 aromatic rings. The third-order valence-corrected chi connectivity index (χ3v) is 2.78. The minimum Gasteiger partial charge on any atom is -0.142 e. The first kappa shape index (κ1) is 10.0. The third-order valence-electron chi connectivity index (χ3n) is 1.84. The highest BCUT2D eigenvalue weighted by Gasteiger charge is 2.13. The molecule has 2 heteroatoms. The van der Waals surface area contributed by atoms with Crippen LogP contribution in [-0.2, 0) is 5.41 Å². The normalized spacial score (nSPS) is 11.8. The molecule has 0 saturated heterocycles. The van der Waals surface area contributed by atoms with E-state index < -0.39 is 0 Å². The Hall–Kier alpha value is -0.0800. The predicted octanol–water partition coefficient (Wildman–Crippen LogP) is 3.56. The molecule has 0 atom stereocenters. The average molecular weight is 198 g/mol. The molecule has 0 heterocycles. The standard InChI is InChI=1S/C10H14S2/c1-10(2,3)7-4-5-8(11)9(12)6-7/h4-6,11-12H,1-3H3. The van der Waals surface area contributed by atoms with Crippen molar-refractivity contribution in [1.29, 1.82) is 0 Å². The zero-order chi connectivity index (χ0) is 9.35. The van der Waals surface area contributed by atoms with E-state index in [1.54, 1.807) is 0 Å². The van der Waals surface area contributed by atoms with Crippen LogP contribution < -0.4 is 0 Å². The van der Waals surface area contributed by atoms with Gasteiger partial charge in [0.25, 0.3) is 0 Å². The van der Waals surface area contributed by atoms with E-state index in [2.05, 4.69) is 58.2 Å². The molecule has 12 heavy (non-hydrogen) atoms. The summed E-state index contributed by atoms with van der Waals surface area (Å²) in [6.07, 6.45) is 0. The van der Waals surface area contributed by atoms with E-state index >= 15 is 0 Å². The van der Waals surface area contributed by atoms with Crippen molar-refractivity contribution in [3.05, 3.63) is 23.8 Å². The topological polar surface area (TPSA) is 0 Å². The monoisotopic (exact) mass is 198 g/mol. The van der Waals surface area contributed by atoms with Gasteiger partial charge in [-0.3, -0.25) is 0 Å². The van der Waals surface area contributed by atoms with E-state index in [0.29, 0.717) is 0 Å². The van der Waals surface area contributed by atoms with E-state index in [9.17, 15) is 0 Å². The zero-order valence-corrected chi connectivity index (χ0v) is 9.42. The van der Waals surface area contributed by atoms with Gasteiger partial charge in [0.05, 0.1) is 0 Å². The molecule has 0 aliphatic heterocycles. The molecule has 0 radical (unpaired) electrons. The number of hydrogen-bond donors (Lipinski definition) is 2. The summed E-state index contributed by atoms with van der Waals surface area (Å²) in [4.78, 5) is 1.89. The molecule has 0 aliphatic rings. The lowest BCUT2D eigenvalue weighted by molar-refractivity contribution is 0.588. The lowest BCUT2D eigenvalue weighted by atomic mass is 9.87. The predicted molar refractivity (Wildman–Crippen MR) is 59.6 cm³/mol. The van der Waals surface area contributed by atoms with E-state index in [1.165, 1.54) is 5.56 Å². The van der Waals surface area contributed by atoms with Gasteiger partial charge in [0.2, 0.25) is 0 Å². The van der Waals surface area contributed by atoms with Gasteiger partial charge in [-0.05, 0) is 23.1 Å². The van der Waals surface area contributed by atoms with Crippen molar-refractivity contribution in [2.45, 2.75) is 36.0 Å². The second kappa shape index (κ2) is 3.35. The van der Waals surface area contributed by atoms with Crippen LogP contribution in [0.5, 0.6) is 0 Å². The molecular weight excluding hydrogens is 184 g/mol. The van der Waals surface area contributed by atoms with E-state index in [0.717, 1.165) is 9.79 Å². The van der Waals surface area contributed by atoms with Crippen molar-refractivity contribution in [1.82, 2.24) is 0 Å². The van der Waals surface area contributed by atoms with Crippen molar-refractivity contribution in [3.8, 4) is 0 Å². The van der Waals surface area contributed by atoms with Gasteiger partial charge in [0.15, 0.2) is 0 Å². The van der Waals surface area contributed by atoms with Crippen molar-refractivity contribution in [2.24, 2.45) is 0 Å². The van der Waals surface area contributed by atoms with Crippen molar-refractivity contribution in [2.75, 3.05) is 0 Å². The average Bonchev–Trinajstić information content (AvgIpc) is 1.92. The smallest absolute Gasteiger partial charge is 0.0177 e. The lowest BCUT2D eigenvalue weighted by Gasteiger charge is -2.19. The summed E-state index contributed by atoms with van der Waals surface area (Å²) in [5.41, 5.74) is 1.49. The van der Waals surface area contributed by atoms with Crippen LogP contribution in [-0.4, -0.2) is 0 Å². The first-order valence-electron chi connectivity index (χ1n) is 3.94. The second-order valence-corrected chi connectivity index (χ2v) is 4.92. The molecule has 0 saturated carbocycles. The second-order valence-electron chi connectivity index (χ2n) is 3.95. The Morgan fingerprint density at radius 1 is 1.00 bits per heavy atom.